The number of oxazole rings is 1. The van der Waals surface area contributed by atoms with Crippen molar-refractivity contribution in [2.75, 3.05) is 7.11 Å². The molecule has 0 saturated heterocycles. The SMILES string of the molecule is COC(=O)c1c(Oc2nc3ccccc3o2)cc(=O)n2ccccc12. The van der Waals surface area contributed by atoms with Gasteiger partial charge in [-0.1, -0.05) is 18.2 Å². The van der Waals surface area contributed by atoms with Crippen molar-refractivity contribution in [1.82, 2.24) is 9.38 Å². The average molecular weight is 336 g/mol. The lowest BCUT2D eigenvalue weighted by molar-refractivity contribution is 0.0599. The monoisotopic (exact) mass is 336 g/mol. The molecular weight excluding hydrogens is 324 g/mol. The molecule has 0 unspecified atom stereocenters. The Balaban J connectivity index is 1.91. The lowest BCUT2D eigenvalue weighted by Crippen LogP contribution is -2.17. The first-order valence-electron chi connectivity index (χ1n) is 7.43. The van der Waals surface area contributed by atoms with Crippen LogP contribution in [0.1, 0.15) is 10.4 Å². The predicted octanol–water partition coefficient (Wildman–Crippen LogP) is 3.02. The standard InChI is InChI=1S/C18H12N2O5/c1-23-17(22)16-12-7-4-5-9-20(12)15(21)10-14(16)25-18-19-11-6-2-3-8-13(11)24-18/h2-10H,1H3. The molecule has 4 rings (SSSR count). The third-order valence-corrected chi connectivity index (χ3v) is 3.72. The molecule has 0 bridgehead atoms. The van der Waals surface area contributed by atoms with Crippen LogP contribution in [-0.2, 0) is 4.74 Å². The Morgan fingerprint density at radius 1 is 1.16 bits per heavy atom. The molecule has 0 saturated carbocycles. The second-order valence-electron chi connectivity index (χ2n) is 5.22. The summed E-state index contributed by atoms with van der Waals surface area (Å²) in [6.45, 7) is 0. The van der Waals surface area contributed by atoms with Gasteiger partial charge in [0.25, 0.3) is 5.56 Å². The van der Waals surface area contributed by atoms with Crippen LogP contribution in [0.2, 0.25) is 0 Å². The number of rotatable bonds is 3. The summed E-state index contributed by atoms with van der Waals surface area (Å²) in [6.07, 6.45) is 1.50. The molecule has 0 N–H and O–H groups in total. The molecule has 7 nitrogen and oxygen atoms in total. The summed E-state index contributed by atoms with van der Waals surface area (Å²) in [5.74, 6) is -0.607. The van der Waals surface area contributed by atoms with E-state index in [1.165, 1.54) is 17.6 Å². The number of methoxy groups -OCH3 is 1. The van der Waals surface area contributed by atoms with Gasteiger partial charge in [-0.3, -0.25) is 9.20 Å². The number of hydrogen-bond donors (Lipinski definition) is 0. The molecule has 0 aliphatic heterocycles. The number of fused-ring (bicyclic) bond motifs is 2. The van der Waals surface area contributed by atoms with Gasteiger partial charge in [0.05, 0.1) is 12.6 Å². The van der Waals surface area contributed by atoms with Crippen LogP contribution in [0.3, 0.4) is 0 Å². The number of carbonyl (C=O) groups is 1. The first kappa shape index (κ1) is 14.9. The van der Waals surface area contributed by atoms with Crippen LogP contribution < -0.4 is 10.3 Å². The Morgan fingerprint density at radius 3 is 2.76 bits per heavy atom. The summed E-state index contributed by atoms with van der Waals surface area (Å²) in [5, 5.41) is 0. The van der Waals surface area contributed by atoms with Gasteiger partial charge in [-0.15, -0.1) is 0 Å². The minimum atomic E-state index is -0.630. The number of nitrogens with zero attached hydrogens (tertiary/aromatic N) is 2. The molecule has 25 heavy (non-hydrogen) atoms. The summed E-state index contributed by atoms with van der Waals surface area (Å²) in [7, 11) is 1.26. The molecule has 4 aromatic rings. The largest absolute Gasteiger partial charge is 0.465 e. The average Bonchev–Trinajstić information content (AvgIpc) is 3.04. The smallest absolute Gasteiger partial charge is 0.400 e. The first-order chi connectivity index (χ1) is 12.2. The minimum Gasteiger partial charge on any atom is -0.465 e. The van der Waals surface area contributed by atoms with E-state index in [0.29, 0.717) is 16.6 Å². The van der Waals surface area contributed by atoms with Gasteiger partial charge in [0.15, 0.2) is 11.3 Å². The molecule has 0 aliphatic carbocycles. The van der Waals surface area contributed by atoms with Gasteiger partial charge in [-0.05, 0) is 24.3 Å². The topological polar surface area (TPSA) is 83.0 Å². The van der Waals surface area contributed by atoms with Crippen LogP contribution in [0.5, 0.6) is 11.8 Å². The highest BCUT2D eigenvalue weighted by Crippen LogP contribution is 2.29. The third-order valence-electron chi connectivity index (χ3n) is 3.72. The number of pyridine rings is 2. The summed E-state index contributed by atoms with van der Waals surface area (Å²) >= 11 is 0. The van der Waals surface area contributed by atoms with E-state index in [2.05, 4.69) is 4.98 Å². The molecule has 0 fully saturated rings. The Labute approximate surface area is 141 Å². The molecule has 3 aromatic heterocycles. The molecule has 7 heteroatoms. The van der Waals surface area contributed by atoms with E-state index in [1.54, 1.807) is 42.6 Å². The van der Waals surface area contributed by atoms with Crippen molar-refractivity contribution in [2.45, 2.75) is 0 Å². The van der Waals surface area contributed by atoms with Crippen LogP contribution in [0.15, 0.2) is 63.9 Å². The highest BCUT2D eigenvalue weighted by molar-refractivity contribution is 5.99. The van der Waals surface area contributed by atoms with E-state index in [0.717, 1.165) is 0 Å². The highest BCUT2D eigenvalue weighted by Gasteiger charge is 2.21. The number of benzene rings is 1. The summed E-state index contributed by atoms with van der Waals surface area (Å²) < 4.78 is 17.3. The number of aromatic nitrogens is 2. The number of hydrogen-bond acceptors (Lipinski definition) is 6. The maximum atomic E-state index is 12.3. The molecule has 0 amide bonds. The van der Waals surface area contributed by atoms with Gasteiger partial charge in [0.1, 0.15) is 11.1 Å². The minimum absolute atomic E-state index is 0.0228. The van der Waals surface area contributed by atoms with E-state index in [-0.39, 0.29) is 22.9 Å². The van der Waals surface area contributed by atoms with Gasteiger partial charge in [-0.25, -0.2) is 4.79 Å². The van der Waals surface area contributed by atoms with Crippen LogP contribution in [0, 0.1) is 0 Å². The normalized spacial score (nSPS) is 10.9. The second-order valence-corrected chi connectivity index (χ2v) is 5.22. The van der Waals surface area contributed by atoms with Crippen molar-refractivity contribution in [3.05, 3.63) is 70.6 Å². The maximum Gasteiger partial charge on any atom is 0.400 e. The van der Waals surface area contributed by atoms with Crippen LogP contribution in [-0.4, -0.2) is 22.5 Å². The highest BCUT2D eigenvalue weighted by atomic mass is 16.6. The summed E-state index contributed by atoms with van der Waals surface area (Å²) in [6, 6.07) is 13.4. The molecule has 124 valence electrons. The number of carbonyl (C=O) groups excluding carboxylic acids is 1. The van der Waals surface area contributed by atoms with E-state index in [9.17, 15) is 9.59 Å². The number of ether oxygens (including phenoxy) is 2. The van der Waals surface area contributed by atoms with Crippen molar-refractivity contribution < 1.29 is 18.7 Å². The van der Waals surface area contributed by atoms with Crippen LogP contribution in [0.4, 0.5) is 0 Å². The van der Waals surface area contributed by atoms with Crippen LogP contribution >= 0.6 is 0 Å². The maximum absolute atomic E-state index is 12.3. The van der Waals surface area contributed by atoms with E-state index in [4.69, 9.17) is 13.9 Å². The van der Waals surface area contributed by atoms with Gasteiger partial charge in [0, 0.05) is 12.3 Å². The van der Waals surface area contributed by atoms with Crippen molar-refractivity contribution >= 4 is 22.6 Å². The molecular formula is C18H12N2O5. The zero-order valence-electron chi connectivity index (χ0n) is 13.1. The molecule has 3 heterocycles. The quantitative estimate of drug-likeness (QED) is 0.535. The predicted molar refractivity (Wildman–Crippen MR) is 89.1 cm³/mol. The Kier molecular flexibility index (Phi) is 3.46. The summed E-state index contributed by atoms with van der Waals surface area (Å²) in [5.41, 5.74) is 1.27. The molecule has 0 spiro atoms. The Bertz CT molecular complexity index is 1130. The van der Waals surface area contributed by atoms with Gasteiger partial charge < -0.3 is 13.9 Å². The van der Waals surface area contributed by atoms with Crippen molar-refractivity contribution in [2.24, 2.45) is 0 Å². The molecule has 0 aliphatic rings. The van der Waals surface area contributed by atoms with Crippen molar-refractivity contribution in [1.29, 1.82) is 0 Å². The van der Waals surface area contributed by atoms with Gasteiger partial charge >= 0.3 is 12.0 Å². The zero-order chi connectivity index (χ0) is 17.4. The number of esters is 1. The van der Waals surface area contributed by atoms with Gasteiger partial charge in [0.2, 0.25) is 0 Å². The number of para-hydroxylation sites is 2. The van der Waals surface area contributed by atoms with Crippen molar-refractivity contribution in [3.8, 4) is 11.8 Å². The van der Waals surface area contributed by atoms with Gasteiger partial charge in [-0.2, -0.15) is 4.98 Å². The fourth-order valence-electron chi connectivity index (χ4n) is 2.60. The van der Waals surface area contributed by atoms with E-state index >= 15 is 0 Å². The van der Waals surface area contributed by atoms with Crippen LogP contribution in [0.25, 0.3) is 16.6 Å². The first-order valence-corrected chi connectivity index (χ1v) is 7.43. The van der Waals surface area contributed by atoms with E-state index < -0.39 is 5.97 Å². The molecule has 0 atom stereocenters. The molecule has 0 radical (unpaired) electrons. The second kappa shape index (κ2) is 5.79. The fourth-order valence-corrected chi connectivity index (χ4v) is 2.60. The van der Waals surface area contributed by atoms with Crippen molar-refractivity contribution in [3.63, 3.8) is 0 Å². The fraction of sp³-hybridized carbons (Fsp3) is 0.0556. The summed E-state index contributed by atoms with van der Waals surface area (Å²) in [4.78, 5) is 28.8. The molecule has 1 aromatic carbocycles. The zero-order valence-corrected chi connectivity index (χ0v) is 13.1. The lowest BCUT2D eigenvalue weighted by atomic mass is 10.2. The Hall–Kier alpha value is -3.61. The lowest BCUT2D eigenvalue weighted by Gasteiger charge is -2.10. The third kappa shape index (κ3) is 2.51. The van der Waals surface area contributed by atoms with E-state index in [1.807, 2.05) is 6.07 Å². The Morgan fingerprint density at radius 2 is 1.96 bits per heavy atom.